The van der Waals surface area contributed by atoms with Crippen LogP contribution < -0.4 is 0 Å². The average molecular weight is 795 g/mol. The Morgan fingerprint density at radius 3 is 1.35 bits per heavy atom. The molecule has 292 valence electrons. The molecule has 0 amide bonds. The molecule has 6 heteroatoms. The largest absolute Gasteiger partial charge is 0.212 e. The molecule has 1 aliphatic rings. The van der Waals surface area contributed by atoms with Gasteiger partial charge in [-0.15, -0.1) is 0 Å². The first kappa shape index (κ1) is 36.8. The number of hydrogen-bond donors (Lipinski definition) is 0. The second-order valence-electron chi connectivity index (χ2n) is 15.5. The predicted octanol–water partition coefficient (Wildman–Crippen LogP) is 13.4. The summed E-state index contributed by atoms with van der Waals surface area (Å²) in [5.41, 5.74) is 11.7. The van der Waals surface area contributed by atoms with Crippen molar-refractivity contribution in [2.45, 2.75) is 12.3 Å². The normalized spacial score (nSPS) is 13.2. The second-order valence-corrected chi connectivity index (χ2v) is 15.5. The van der Waals surface area contributed by atoms with E-state index in [1.807, 2.05) is 78.9 Å². The molecule has 0 aliphatic heterocycles. The van der Waals surface area contributed by atoms with Crippen LogP contribution in [0.4, 0.5) is 0 Å². The first-order valence-corrected chi connectivity index (χ1v) is 20.9. The van der Waals surface area contributed by atoms with Crippen LogP contribution in [0.15, 0.2) is 206 Å². The summed E-state index contributed by atoms with van der Waals surface area (Å²) in [6.45, 7) is 0. The summed E-state index contributed by atoms with van der Waals surface area (Å²) in [4.78, 5) is 29.9. The van der Waals surface area contributed by atoms with Crippen LogP contribution in [0.3, 0.4) is 0 Å². The Bertz CT molecular complexity index is 3180. The van der Waals surface area contributed by atoms with Crippen LogP contribution >= 0.6 is 0 Å². The van der Waals surface area contributed by atoms with Crippen molar-refractivity contribution in [2.75, 3.05) is 0 Å². The van der Waals surface area contributed by atoms with Gasteiger partial charge < -0.3 is 0 Å². The van der Waals surface area contributed by atoms with Gasteiger partial charge in [0.15, 0.2) is 29.1 Å². The van der Waals surface area contributed by atoms with Gasteiger partial charge in [0.1, 0.15) is 5.82 Å². The van der Waals surface area contributed by atoms with Crippen molar-refractivity contribution in [2.24, 2.45) is 0 Å². The number of allylic oxidation sites excluding steroid dienone is 1. The van der Waals surface area contributed by atoms with Gasteiger partial charge in [0.2, 0.25) is 0 Å². The maximum Gasteiger partial charge on any atom is 0.164 e. The Morgan fingerprint density at radius 2 is 0.790 bits per heavy atom. The van der Waals surface area contributed by atoms with Gasteiger partial charge in [-0.3, -0.25) is 0 Å². The molecule has 2 heterocycles. The molecule has 1 atom stereocenters. The molecule has 0 bridgehead atoms. The highest BCUT2D eigenvalue weighted by Gasteiger charge is 2.24. The van der Waals surface area contributed by atoms with E-state index in [1.165, 1.54) is 21.9 Å². The summed E-state index contributed by atoms with van der Waals surface area (Å²) in [5, 5.41) is 2.35. The van der Waals surface area contributed by atoms with E-state index in [9.17, 15) is 0 Å². The van der Waals surface area contributed by atoms with Crippen molar-refractivity contribution in [1.29, 1.82) is 0 Å². The van der Waals surface area contributed by atoms with Gasteiger partial charge in [-0.05, 0) is 56.6 Å². The van der Waals surface area contributed by atoms with Crippen LogP contribution in [-0.2, 0) is 0 Å². The third-order valence-electron chi connectivity index (χ3n) is 11.5. The first-order chi connectivity index (χ1) is 30.7. The highest BCUT2D eigenvalue weighted by molar-refractivity contribution is 5.99. The molecule has 1 aliphatic carbocycles. The fourth-order valence-electron chi connectivity index (χ4n) is 8.34. The molecule has 0 saturated heterocycles. The Morgan fingerprint density at radius 1 is 0.339 bits per heavy atom. The standard InChI is InChI=1S/C56H38N6/c1-4-15-40(16-5-1)51-57-52(41-17-6-2-7-18-41)59-54(58-51)44-32-28-39(29-33-44)47-24-13-22-46-36-45(34-35-49(46)47)37-26-30-43(31-27-37)55-60-53(42-19-8-3-9-20-42)61-56(62-55)50-25-12-21-38-14-10-11-23-48(38)50/h1-24,26-36,50H,25H2. The smallest absolute Gasteiger partial charge is 0.164 e. The number of rotatable bonds is 8. The van der Waals surface area contributed by atoms with E-state index in [2.05, 4.69) is 133 Å². The first-order valence-electron chi connectivity index (χ1n) is 20.9. The van der Waals surface area contributed by atoms with Gasteiger partial charge in [-0.1, -0.05) is 206 Å². The minimum absolute atomic E-state index is 0.0526. The van der Waals surface area contributed by atoms with Gasteiger partial charge in [0.25, 0.3) is 0 Å². The molecule has 8 aromatic carbocycles. The number of nitrogens with zero attached hydrogens (tertiary/aromatic N) is 6. The number of hydrogen-bond acceptors (Lipinski definition) is 6. The van der Waals surface area contributed by atoms with Crippen LogP contribution in [0, 0.1) is 0 Å². The summed E-state index contributed by atoms with van der Waals surface area (Å²) in [5.74, 6) is 4.12. The number of fused-ring (bicyclic) bond motifs is 2. The fourth-order valence-corrected chi connectivity index (χ4v) is 8.34. The SMILES string of the molecule is C1=Cc2ccccc2C(c2nc(-c3ccccc3)nc(-c3ccc(-c4ccc5c(-c6ccc(-c7nc(-c8ccccc8)nc(-c8ccccc8)n7)cc6)cccc5c4)cc3)n2)C1. The lowest BCUT2D eigenvalue weighted by molar-refractivity contribution is 0.740. The third-order valence-corrected chi connectivity index (χ3v) is 11.5. The zero-order chi connectivity index (χ0) is 41.2. The molecule has 2 aromatic heterocycles. The summed E-state index contributed by atoms with van der Waals surface area (Å²) in [6.07, 6.45) is 5.25. The van der Waals surface area contributed by atoms with Crippen molar-refractivity contribution < 1.29 is 0 Å². The van der Waals surface area contributed by atoms with Crippen molar-refractivity contribution >= 4 is 16.8 Å². The van der Waals surface area contributed by atoms with Crippen molar-refractivity contribution in [3.05, 3.63) is 223 Å². The fraction of sp³-hybridized carbons (Fsp3) is 0.0357. The Kier molecular flexibility index (Phi) is 9.56. The van der Waals surface area contributed by atoms with Gasteiger partial charge >= 0.3 is 0 Å². The van der Waals surface area contributed by atoms with E-state index in [0.717, 1.165) is 62.3 Å². The van der Waals surface area contributed by atoms with Gasteiger partial charge in [-0.25, -0.2) is 29.9 Å². The molecule has 0 fully saturated rings. The Labute approximate surface area is 360 Å². The van der Waals surface area contributed by atoms with Gasteiger partial charge in [0, 0.05) is 33.7 Å². The lowest BCUT2D eigenvalue weighted by atomic mass is 9.86. The Hall–Kier alpha value is -8.22. The van der Waals surface area contributed by atoms with Crippen LogP contribution in [0.2, 0.25) is 0 Å². The highest BCUT2D eigenvalue weighted by Crippen LogP contribution is 2.37. The minimum Gasteiger partial charge on any atom is -0.212 e. The van der Waals surface area contributed by atoms with Gasteiger partial charge in [0.05, 0.1) is 0 Å². The molecular formula is C56H38N6. The van der Waals surface area contributed by atoms with Crippen molar-refractivity contribution in [3.63, 3.8) is 0 Å². The molecule has 0 N–H and O–H groups in total. The molecular weight excluding hydrogens is 757 g/mol. The Balaban J connectivity index is 0.891. The molecule has 0 radical (unpaired) electrons. The second kappa shape index (κ2) is 16.1. The van der Waals surface area contributed by atoms with Crippen molar-refractivity contribution in [1.82, 2.24) is 29.9 Å². The maximum atomic E-state index is 5.12. The highest BCUT2D eigenvalue weighted by atomic mass is 15.0. The van der Waals surface area contributed by atoms with Crippen LogP contribution in [0.1, 0.15) is 29.3 Å². The molecule has 1 unspecified atom stereocenters. The minimum atomic E-state index is 0.0526. The van der Waals surface area contributed by atoms with E-state index in [-0.39, 0.29) is 5.92 Å². The lowest BCUT2D eigenvalue weighted by Crippen LogP contribution is -2.12. The zero-order valence-corrected chi connectivity index (χ0v) is 33.7. The summed E-state index contributed by atoms with van der Waals surface area (Å²) in [7, 11) is 0. The summed E-state index contributed by atoms with van der Waals surface area (Å²) < 4.78 is 0. The molecule has 0 saturated carbocycles. The zero-order valence-electron chi connectivity index (χ0n) is 33.7. The monoisotopic (exact) mass is 794 g/mol. The maximum absolute atomic E-state index is 5.12. The van der Waals surface area contributed by atoms with Crippen molar-refractivity contribution in [3.8, 4) is 79.2 Å². The topological polar surface area (TPSA) is 77.3 Å². The molecule has 62 heavy (non-hydrogen) atoms. The van der Waals surface area contributed by atoms with Crippen LogP contribution in [0.25, 0.3) is 96.0 Å². The number of aromatic nitrogens is 6. The van der Waals surface area contributed by atoms with E-state index < -0.39 is 0 Å². The summed E-state index contributed by atoms with van der Waals surface area (Å²) >= 11 is 0. The summed E-state index contributed by atoms with van der Waals surface area (Å²) in [6, 6.07) is 69.1. The van der Waals surface area contributed by atoms with Crippen LogP contribution in [0.5, 0.6) is 0 Å². The molecule has 11 rings (SSSR count). The quantitative estimate of drug-likeness (QED) is 0.152. The van der Waals surface area contributed by atoms with E-state index in [0.29, 0.717) is 29.1 Å². The predicted molar refractivity (Wildman–Crippen MR) is 251 cm³/mol. The molecule has 6 nitrogen and oxygen atoms in total. The molecule has 10 aromatic rings. The third kappa shape index (κ3) is 7.24. The van der Waals surface area contributed by atoms with Crippen LogP contribution in [-0.4, -0.2) is 29.9 Å². The average Bonchev–Trinajstić information content (AvgIpc) is 3.36. The molecule has 0 spiro atoms. The number of benzene rings is 8. The van der Waals surface area contributed by atoms with E-state index in [4.69, 9.17) is 29.9 Å². The van der Waals surface area contributed by atoms with E-state index >= 15 is 0 Å². The lowest BCUT2D eigenvalue weighted by Gasteiger charge is -2.21. The van der Waals surface area contributed by atoms with Gasteiger partial charge in [-0.2, -0.15) is 0 Å². The van der Waals surface area contributed by atoms with E-state index in [1.54, 1.807) is 0 Å².